The van der Waals surface area contributed by atoms with E-state index in [1.165, 1.54) is 36.9 Å². The maximum Gasteiger partial charge on any atom is 0.224 e. The van der Waals surface area contributed by atoms with Gasteiger partial charge in [0.05, 0.1) is 19.1 Å². The third-order valence-electron chi connectivity index (χ3n) is 7.72. The lowest BCUT2D eigenvalue weighted by Crippen LogP contribution is -2.53. The van der Waals surface area contributed by atoms with Crippen LogP contribution in [0.2, 0.25) is 0 Å². The van der Waals surface area contributed by atoms with Gasteiger partial charge >= 0.3 is 0 Å². The van der Waals surface area contributed by atoms with E-state index in [-0.39, 0.29) is 17.2 Å². The number of nitrogens with one attached hydrogen (secondary N) is 1. The second-order valence-corrected chi connectivity index (χ2v) is 9.23. The molecule has 3 atom stereocenters. The fourth-order valence-corrected chi connectivity index (χ4v) is 5.92. The van der Waals surface area contributed by atoms with Crippen LogP contribution in [0, 0.1) is 18.8 Å². The maximum atomic E-state index is 13.2. The Kier molecular flexibility index (Phi) is 4.64. The van der Waals surface area contributed by atoms with E-state index in [0.29, 0.717) is 18.5 Å². The molecule has 1 aromatic carbocycles. The third kappa shape index (κ3) is 2.97. The van der Waals surface area contributed by atoms with E-state index in [4.69, 9.17) is 4.74 Å². The number of amides is 1. The first-order chi connectivity index (χ1) is 14.1. The van der Waals surface area contributed by atoms with Crippen LogP contribution in [0.4, 0.5) is 0 Å². The smallest absolute Gasteiger partial charge is 0.224 e. The molecule has 5 heteroatoms. The molecule has 0 radical (unpaired) electrons. The topological polar surface area (TPSA) is 56.1 Å². The molecule has 4 aliphatic rings. The number of aryl methyl sites for hydroxylation is 1. The first kappa shape index (κ1) is 18.7. The Morgan fingerprint density at radius 1 is 1.31 bits per heavy atom. The molecule has 3 unspecified atom stereocenters. The molecule has 4 fully saturated rings. The minimum atomic E-state index is 0.0217. The Labute approximate surface area is 172 Å². The van der Waals surface area contributed by atoms with E-state index in [1.54, 1.807) is 7.11 Å². The predicted molar refractivity (Wildman–Crippen MR) is 112 cm³/mol. The molecule has 0 aliphatic heterocycles. The van der Waals surface area contributed by atoms with Gasteiger partial charge in [-0.25, -0.2) is 0 Å². The number of aromatic nitrogens is 2. The minimum Gasteiger partial charge on any atom is -0.496 e. The molecule has 1 amide bonds. The zero-order chi connectivity index (χ0) is 20.0. The van der Waals surface area contributed by atoms with Crippen LogP contribution in [-0.4, -0.2) is 29.3 Å². The second kappa shape index (κ2) is 7.19. The number of benzene rings is 1. The van der Waals surface area contributed by atoms with Crippen LogP contribution >= 0.6 is 0 Å². The quantitative estimate of drug-likeness (QED) is 0.775. The maximum absolute atomic E-state index is 13.2. The molecule has 154 valence electrons. The van der Waals surface area contributed by atoms with Crippen molar-refractivity contribution in [2.75, 3.05) is 13.7 Å². The Bertz CT molecular complexity index is 913. The zero-order valence-electron chi connectivity index (χ0n) is 17.5. The highest BCUT2D eigenvalue weighted by molar-refractivity contribution is 5.83. The number of nitrogens with zero attached hydrogens (tertiary/aromatic N) is 2. The highest BCUT2D eigenvalue weighted by atomic mass is 16.5. The van der Waals surface area contributed by atoms with Gasteiger partial charge in [-0.2, -0.15) is 5.10 Å². The lowest BCUT2D eigenvalue weighted by Gasteiger charge is -2.47. The third-order valence-corrected chi connectivity index (χ3v) is 7.72. The van der Waals surface area contributed by atoms with Crippen LogP contribution < -0.4 is 10.1 Å². The number of fused-ring (bicyclic) bond motifs is 1. The van der Waals surface area contributed by atoms with Gasteiger partial charge in [-0.3, -0.25) is 9.48 Å². The predicted octanol–water partition coefficient (Wildman–Crippen LogP) is 3.95. The van der Waals surface area contributed by atoms with Gasteiger partial charge < -0.3 is 10.1 Å². The van der Waals surface area contributed by atoms with Gasteiger partial charge in [0.25, 0.3) is 0 Å². The first-order valence-electron chi connectivity index (χ1n) is 11.1. The summed E-state index contributed by atoms with van der Waals surface area (Å²) in [6.07, 6.45) is 9.97. The fraction of sp³-hybridized carbons (Fsp3) is 0.583. The van der Waals surface area contributed by atoms with Crippen molar-refractivity contribution in [1.29, 1.82) is 0 Å². The zero-order valence-corrected chi connectivity index (χ0v) is 17.5. The van der Waals surface area contributed by atoms with Crippen molar-refractivity contribution in [1.82, 2.24) is 15.1 Å². The van der Waals surface area contributed by atoms with Gasteiger partial charge in [-0.1, -0.05) is 12.1 Å². The van der Waals surface area contributed by atoms with Crippen molar-refractivity contribution in [2.45, 2.75) is 63.3 Å². The molecule has 4 saturated carbocycles. The standard InChI is InChI=1S/C24H31N3O2/c1-16-6-7-17(14-20(16)29-2)9-12-25-23(28)22-18-8-11-24(22,15-18)21-10-13-26-27(21)19-4-3-5-19/h6-7,10,13-14,18-19,22H,3-5,8-9,11-12,15H2,1-2H3,(H,25,28). The van der Waals surface area contributed by atoms with E-state index in [1.807, 2.05) is 13.1 Å². The van der Waals surface area contributed by atoms with Crippen molar-refractivity contribution in [3.05, 3.63) is 47.3 Å². The average Bonchev–Trinajstić information content (AvgIpc) is 3.36. The molecule has 2 bridgehead atoms. The van der Waals surface area contributed by atoms with Gasteiger partial charge in [0.15, 0.2) is 0 Å². The Morgan fingerprint density at radius 3 is 2.90 bits per heavy atom. The van der Waals surface area contributed by atoms with E-state index in [9.17, 15) is 4.79 Å². The van der Waals surface area contributed by atoms with E-state index in [0.717, 1.165) is 30.6 Å². The average molecular weight is 394 g/mol. The molecule has 5 nitrogen and oxygen atoms in total. The summed E-state index contributed by atoms with van der Waals surface area (Å²) in [7, 11) is 1.70. The molecule has 4 aliphatic carbocycles. The van der Waals surface area contributed by atoms with Crippen LogP contribution in [0.3, 0.4) is 0 Å². The number of methoxy groups -OCH3 is 1. The summed E-state index contributed by atoms with van der Waals surface area (Å²) in [5.74, 6) is 1.80. The molecular weight excluding hydrogens is 362 g/mol. The molecule has 1 aromatic heterocycles. The lowest BCUT2D eigenvalue weighted by atomic mass is 9.58. The monoisotopic (exact) mass is 393 g/mol. The van der Waals surface area contributed by atoms with Crippen molar-refractivity contribution in [3.8, 4) is 5.75 Å². The number of ether oxygens (including phenoxy) is 1. The van der Waals surface area contributed by atoms with Crippen molar-refractivity contribution >= 4 is 5.91 Å². The SMILES string of the molecule is COc1cc(CCNC(=O)C2C3CCC2(c2ccnn2C2CCC2)C3)ccc1C. The van der Waals surface area contributed by atoms with Gasteiger partial charge in [-0.15, -0.1) is 0 Å². The number of hydrogen-bond acceptors (Lipinski definition) is 3. The van der Waals surface area contributed by atoms with Gasteiger partial charge in [0.2, 0.25) is 5.91 Å². The fourth-order valence-electron chi connectivity index (χ4n) is 5.92. The Hall–Kier alpha value is -2.30. The molecular formula is C24H31N3O2. The summed E-state index contributed by atoms with van der Waals surface area (Å²) in [5.41, 5.74) is 3.67. The second-order valence-electron chi connectivity index (χ2n) is 9.23. The summed E-state index contributed by atoms with van der Waals surface area (Å²) < 4.78 is 7.67. The van der Waals surface area contributed by atoms with Crippen molar-refractivity contribution < 1.29 is 9.53 Å². The van der Waals surface area contributed by atoms with Crippen molar-refractivity contribution in [3.63, 3.8) is 0 Å². The summed E-state index contributed by atoms with van der Waals surface area (Å²) in [6.45, 7) is 2.72. The lowest BCUT2D eigenvalue weighted by molar-refractivity contribution is -0.133. The van der Waals surface area contributed by atoms with Crippen LogP contribution in [0.15, 0.2) is 30.5 Å². The molecule has 29 heavy (non-hydrogen) atoms. The highest BCUT2D eigenvalue weighted by Gasteiger charge is 2.64. The Morgan fingerprint density at radius 2 is 2.17 bits per heavy atom. The summed E-state index contributed by atoms with van der Waals surface area (Å²) in [5, 5.41) is 7.88. The highest BCUT2D eigenvalue weighted by Crippen LogP contribution is 2.64. The molecule has 2 aromatic rings. The molecule has 1 heterocycles. The number of carbonyl (C=O) groups is 1. The van der Waals surface area contributed by atoms with E-state index in [2.05, 4.69) is 39.4 Å². The van der Waals surface area contributed by atoms with E-state index >= 15 is 0 Å². The summed E-state index contributed by atoms with van der Waals surface area (Å²) in [4.78, 5) is 13.2. The van der Waals surface area contributed by atoms with Crippen LogP contribution in [-0.2, 0) is 16.6 Å². The summed E-state index contributed by atoms with van der Waals surface area (Å²) >= 11 is 0. The number of hydrogen-bond donors (Lipinski definition) is 1. The first-order valence-corrected chi connectivity index (χ1v) is 11.1. The van der Waals surface area contributed by atoms with Crippen molar-refractivity contribution in [2.24, 2.45) is 11.8 Å². The minimum absolute atomic E-state index is 0.0217. The molecule has 6 rings (SSSR count). The van der Waals surface area contributed by atoms with Crippen LogP contribution in [0.1, 0.15) is 61.4 Å². The normalized spacial score (nSPS) is 27.9. The largest absolute Gasteiger partial charge is 0.496 e. The van der Waals surface area contributed by atoms with Gasteiger partial charge in [0.1, 0.15) is 5.75 Å². The molecule has 0 spiro atoms. The number of rotatable bonds is 7. The van der Waals surface area contributed by atoms with Gasteiger partial charge in [-0.05, 0) is 81.0 Å². The molecule has 0 saturated heterocycles. The Balaban J connectivity index is 1.25. The van der Waals surface area contributed by atoms with Crippen LogP contribution in [0.25, 0.3) is 0 Å². The van der Waals surface area contributed by atoms with Crippen LogP contribution in [0.5, 0.6) is 5.75 Å². The van der Waals surface area contributed by atoms with E-state index < -0.39 is 0 Å². The van der Waals surface area contributed by atoms with Gasteiger partial charge in [0, 0.05) is 23.9 Å². The summed E-state index contributed by atoms with van der Waals surface area (Å²) in [6, 6.07) is 9.01. The molecule has 1 N–H and O–H groups in total. The number of carbonyl (C=O) groups excluding carboxylic acids is 1.